The molecular weight excluding hydrogens is 328 g/mol. The highest BCUT2D eigenvalue weighted by atomic mass is 79.9. The third kappa shape index (κ3) is 2.27. The van der Waals surface area contributed by atoms with Gasteiger partial charge in [-0.25, -0.2) is 13.8 Å². The molecule has 0 fully saturated rings. The van der Waals surface area contributed by atoms with Crippen LogP contribution in [0.5, 0.6) is 0 Å². The lowest BCUT2D eigenvalue weighted by Gasteiger charge is -2.08. The van der Waals surface area contributed by atoms with Gasteiger partial charge in [0.2, 0.25) is 5.95 Å². The fourth-order valence-electron chi connectivity index (χ4n) is 2.11. The summed E-state index contributed by atoms with van der Waals surface area (Å²) in [6.07, 6.45) is 0. The molecule has 0 unspecified atom stereocenters. The molecule has 102 valence electrons. The van der Waals surface area contributed by atoms with Crippen LogP contribution < -0.4 is 5.73 Å². The maximum absolute atomic E-state index is 13.7. The van der Waals surface area contributed by atoms with Gasteiger partial charge in [-0.2, -0.15) is 0 Å². The Morgan fingerprint density at radius 2 is 1.95 bits per heavy atom. The van der Waals surface area contributed by atoms with Crippen molar-refractivity contribution < 1.29 is 8.78 Å². The van der Waals surface area contributed by atoms with Gasteiger partial charge in [-0.15, -0.1) is 0 Å². The van der Waals surface area contributed by atoms with Crippen molar-refractivity contribution in [2.24, 2.45) is 0 Å². The SMILES string of the molecule is Nc1nc2cc(Br)ccc2n1Cc1ccc(F)cc1F. The first-order valence-electron chi connectivity index (χ1n) is 5.90. The summed E-state index contributed by atoms with van der Waals surface area (Å²) in [5.74, 6) is -0.899. The van der Waals surface area contributed by atoms with Gasteiger partial charge in [0.05, 0.1) is 17.6 Å². The van der Waals surface area contributed by atoms with Gasteiger partial charge in [-0.1, -0.05) is 22.0 Å². The van der Waals surface area contributed by atoms with Gasteiger partial charge in [0.15, 0.2) is 0 Å². The molecule has 0 spiro atoms. The third-order valence-corrected chi connectivity index (χ3v) is 3.58. The van der Waals surface area contributed by atoms with Crippen LogP contribution in [0.2, 0.25) is 0 Å². The number of nitrogens with zero attached hydrogens (tertiary/aromatic N) is 2. The molecule has 3 nitrogen and oxygen atoms in total. The number of hydrogen-bond acceptors (Lipinski definition) is 2. The summed E-state index contributed by atoms with van der Waals surface area (Å²) in [5, 5.41) is 0. The van der Waals surface area contributed by atoms with Crippen LogP contribution in [0.3, 0.4) is 0 Å². The molecule has 1 aromatic heterocycles. The number of rotatable bonds is 2. The molecule has 0 aliphatic rings. The molecule has 0 saturated heterocycles. The molecular formula is C14H10BrF2N3. The maximum atomic E-state index is 13.7. The lowest BCUT2D eigenvalue weighted by Crippen LogP contribution is -2.06. The van der Waals surface area contributed by atoms with Gasteiger partial charge in [-0.3, -0.25) is 0 Å². The molecule has 2 N–H and O–H groups in total. The number of imidazole rings is 1. The van der Waals surface area contributed by atoms with Crippen molar-refractivity contribution in [1.82, 2.24) is 9.55 Å². The van der Waals surface area contributed by atoms with Gasteiger partial charge < -0.3 is 10.3 Å². The minimum absolute atomic E-state index is 0.204. The molecule has 0 saturated carbocycles. The lowest BCUT2D eigenvalue weighted by molar-refractivity contribution is 0.568. The van der Waals surface area contributed by atoms with Crippen LogP contribution in [0.25, 0.3) is 11.0 Å². The minimum atomic E-state index is -0.598. The van der Waals surface area contributed by atoms with Crippen LogP contribution in [-0.4, -0.2) is 9.55 Å². The Bertz CT molecular complexity index is 798. The summed E-state index contributed by atoms with van der Waals surface area (Å²) in [5.41, 5.74) is 7.75. The highest BCUT2D eigenvalue weighted by Gasteiger charge is 2.11. The number of benzene rings is 2. The largest absolute Gasteiger partial charge is 0.369 e. The maximum Gasteiger partial charge on any atom is 0.201 e. The van der Waals surface area contributed by atoms with E-state index in [1.165, 1.54) is 12.1 Å². The number of nitrogen functional groups attached to an aromatic ring is 1. The number of aromatic nitrogens is 2. The molecule has 0 bridgehead atoms. The highest BCUT2D eigenvalue weighted by Crippen LogP contribution is 2.23. The first-order valence-corrected chi connectivity index (χ1v) is 6.69. The zero-order valence-corrected chi connectivity index (χ0v) is 11.9. The second-order valence-electron chi connectivity index (χ2n) is 4.42. The molecule has 0 radical (unpaired) electrons. The van der Waals surface area contributed by atoms with Crippen molar-refractivity contribution in [3.63, 3.8) is 0 Å². The average molecular weight is 338 g/mol. The molecule has 20 heavy (non-hydrogen) atoms. The zero-order valence-electron chi connectivity index (χ0n) is 10.3. The number of fused-ring (bicyclic) bond motifs is 1. The molecule has 2 aromatic carbocycles. The second-order valence-corrected chi connectivity index (χ2v) is 5.34. The quantitative estimate of drug-likeness (QED) is 0.774. The van der Waals surface area contributed by atoms with Crippen LogP contribution in [0.15, 0.2) is 40.9 Å². The Morgan fingerprint density at radius 3 is 2.70 bits per heavy atom. The van der Waals surface area contributed by atoms with Gasteiger partial charge >= 0.3 is 0 Å². The molecule has 0 amide bonds. The summed E-state index contributed by atoms with van der Waals surface area (Å²) in [7, 11) is 0. The van der Waals surface area contributed by atoms with E-state index in [0.29, 0.717) is 11.5 Å². The zero-order chi connectivity index (χ0) is 14.3. The van der Waals surface area contributed by atoms with Crippen molar-refractivity contribution in [1.29, 1.82) is 0 Å². The van der Waals surface area contributed by atoms with Crippen LogP contribution in [0.1, 0.15) is 5.56 Å². The van der Waals surface area contributed by atoms with Crippen LogP contribution in [0.4, 0.5) is 14.7 Å². The fraction of sp³-hybridized carbons (Fsp3) is 0.0714. The van der Waals surface area contributed by atoms with E-state index >= 15 is 0 Å². The van der Waals surface area contributed by atoms with Gasteiger partial charge in [-0.05, 0) is 24.3 Å². The molecule has 3 rings (SSSR count). The number of hydrogen-bond donors (Lipinski definition) is 1. The topological polar surface area (TPSA) is 43.8 Å². The lowest BCUT2D eigenvalue weighted by atomic mass is 10.2. The van der Waals surface area contributed by atoms with Crippen LogP contribution in [0, 0.1) is 11.6 Å². The van der Waals surface area contributed by atoms with E-state index in [-0.39, 0.29) is 6.54 Å². The van der Waals surface area contributed by atoms with Gasteiger partial charge in [0.25, 0.3) is 0 Å². The van der Waals surface area contributed by atoms with E-state index in [1.54, 1.807) is 4.57 Å². The highest BCUT2D eigenvalue weighted by molar-refractivity contribution is 9.10. The summed E-state index contributed by atoms with van der Waals surface area (Å²) in [6, 6.07) is 9.05. The summed E-state index contributed by atoms with van der Waals surface area (Å²) >= 11 is 3.36. The standard InChI is InChI=1S/C14H10BrF2N3/c15-9-2-4-13-12(5-9)19-14(18)20(13)7-8-1-3-10(16)6-11(8)17/h1-6H,7H2,(H2,18,19). The molecule has 3 aromatic rings. The Kier molecular flexibility index (Phi) is 3.17. The van der Waals surface area contributed by atoms with E-state index in [9.17, 15) is 8.78 Å². The molecule has 0 aliphatic heterocycles. The minimum Gasteiger partial charge on any atom is -0.369 e. The average Bonchev–Trinajstić information content (AvgIpc) is 2.68. The van der Waals surface area contributed by atoms with Crippen LogP contribution >= 0.6 is 15.9 Å². The van der Waals surface area contributed by atoms with Crippen molar-refractivity contribution in [2.75, 3.05) is 5.73 Å². The Labute approximate surface area is 122 Å². The van der Waals surface area contributed by atoms with E-state index in [1.807, 2.05) is 18.2 Å². The molecule has 0 atom stereocenters. The predicted molar refractivity (Wildman–Crippen MR) is 77.3 cm³/mol. The number of nitrogens with two attached hydrogens (primary N) is 1. The summed E-state index contributed by atoms with van der Waals surface area (Å²) < 4.78 is 29.2. The van der Waals surface area contributed by atoms with Gasteiger partial charge in [0, 0.05) is 16.1 Å². The van der Waals surface area contributed by atoms with E-state index in [0.717, 1.165) is 21.6 Å². The Balaban J connectivity index is 2.08. The van der Waals surface area contributed by atoms with Crippen molar-refractivity contribution in [2.45, 2.75) is 6.54 Å². The smallest absolute Gasteiger partial charge is 0.201 e. The Morgan fingerprint density at radius 1 is 1.15 bits per heavy atom. The third-order valence-electron chi connectivity index (χ3n) is 3.08. The van der Waals surface area contributed by atoms with E-state index in [2.05, 4.69) is 20.9 Å². The number of anilines is 1. The fourth-order valence-corrected chi connectivity index (χ4v) is 2.46. The monoisotopic (exact) mass is 337 g/mol. The first kappa shape index (κ1) is 13.1. The summed E-state index contributed by atoms with van der Waals surface area (Å²) in [4.78, 5) is 4.23. The first-order chi connectivity index (χ1) is 9.54. The van der Waals surface area contributed by atoms with E-state index < -0.39 is 11.6 Å². The second kappa shape index (κ2) is 4.86. The van der Waals surface area contributed by atoms with Crippen molar-refractivity contribution in [3.05, 3.63) is 58.1 Å². The predicted octanol–water partition coefficient (Wildman–Crippen LogP) is 3.71. The van der Waals surface area contributed by atoms with Crippen LogP contribution in [-0.2, 0) is 6.54 Å². The summed E-state index contributed by atoms with van der Waals surface area (Å²) in [6.45, 7) is 0.204. The normalized spacial score (nSPS) is 11.2. The molecule has 1 heterocycles. The molecule has 6 heteroatoms. The molecule has 0 aliphatic carbocycles. The van der Waals surface area contributed by atoms with Gasteiger partial charge in [0.1, 0.15) is 11.6 Å². The van der Waals surface area contributed by atoms with Crippen molar-refractivity contribution in [3.8, 4) is 0 Å². The van der Waals surface area contributed by atoms with Crippen molar-refractivity contribution >= 4 is 32.9 Å². The van der Waals surface area contributed by atoms with E-state index in [4.69, 9.17) is 5.73 Å². The number of halogens is 3. The Hall–Kier alpha value is -1.95.